The molecular formula is C20H15F4N5O2. The molecule has 4 rings (SSSR count). The highest BCUT2D eigenvalue weighted by Crippen LogP contribution is 2.27. The van der Waals surface area contributed by atoms with Gasteiger partial charge in [-0.3, -0.25) is 0 Å². The average Bonchev–Trinajstić information content (AvgIpc) is 3.19. The van der Waals surface area contributed by atoms with Crippen molar-refractivity contribution in [3.63, 3.8) is 0 Å². The van der Waals surface area contributed by atoms with Crippen molar-refractivity contribution in [1.29, 1.82) is 0 Å². The van der Waals surface area contributed by atoms with Gasteiger partial charge in [0, 0.05) is 12.0 Å². The molecule has 4 aromatic rings. The number of fused-ring (bicyclic) bond motifs is 1. The van der Waals surface area contributed by atoms with Crippen molar-refractivity contribution in [2.45, 2.75) is 13.0 Å². The Morgan fingerprint density at radius 3 is 2.48 bits per heavy atom. The summed E-state index contributed by atoms with van der Waals surface area (Å²) >= 11 is 0. The highest BCUT2D eigenvalue weighted by atomic mass is 19.3. The van der Waals surface area contributed by atoms with Crippen LogP contribution in [-0.2, 0) is 6.42 Å². The lowest BCUT2D eigenvalue weighted by molar-refractivity contribution is -0.0498. The van der Waals surface area contributed by atoms with Crippen molar-refractivity contribution < 1.29 is 27.0 Å². The van der Waals surface area contributed by atoms with Crippen molar-refractivity contribution >= 4 is 11.5 Å². The first kappa shape index (κ1) is 20.4. The van der Waals surface area contributed by atoms with Crippen LogP contribution in [0.25, 0.3) is 17.0 Å². The second-order valence-corrected chi connectivity index (χ2v) is 6.41. The Labute approximate surface area is 173 Å². The third-order valence-corrected chi connectivity index (χ3v) is 4.39. The smallest absolute Gasteiger partial charge is 0.387 e. The monoisotopic (exact) mass is 433 g/mol. The van der Waals surface area contributed by atoms with Gasteiger partial charge < -0.3 is 15.2 Å². The summed E-state index contributed by atoms with van der Waals surface area (Å²) in [4.78, 5) is 4.03. The number of halogens is 4. The predicted molar refractivity (Wildman–Crippen MR) is 103 cm³/mol. The normalized spacial score (nSPS) is 11.3. The molecule has 0 unspecified atom stereocenters. The zero-order valence-corrected chi connectivity index (χ0v) is 15.8. The molecule has 2 heterocycles. The van der Waals surface area contributed by atoms with Crippen LogP contribution in [0.15, 0.2) is 48.7 Å². The van der Waals surface area contributed by atoms with Gasteiger partial charge in [0.05, 0.1) is 12.8 Å². The molecule has 0 aliphatic heterocycles. The molecule has 0 spiro atoms. The van der Waals surface area contributed by atoms with E-state index in [1.54, 1.807) is 0 Å². The molecule has 31 heavy (non-hydrogen) atoms. The number of anilines is 1. The first-order chi connectivity index (χ1) is 14.9. The van der Waals surface area contributed by atoms with Gasteiger partial charge in [-0.1, -0.05) is 6.07 Å². The standard InChI is InChI=1S/C20H15F4N5O2/c21-14-6-1-11(9-15(14)22)7-8-30-16-10-26-17(25)19-28-27-18(29(16)19)12-2-4-13(5-3-12)31-20(23)24/h1-6,9-10,20H,7-8H2,(H2,25,26). The Morgan fingerprint density at radius 2 is 1.77 bits per heavy atom. The summed E-state index contributed by atoms with van der Waals surface area (Å²) in [5.74, 6) is -1.14. The fourth-order valence-electron chi connectivity index (χ4n) is 2.94. The predicted octanol–water partition coefficient (Wildman–Crippen LogP) is 3.87. The van der Waals surface area contributed by atoms with Crippen molar-refractivity contribution in [3.8, 4) is 23.0 Å². The molecule has 0 radical (unpaired) electrons. The SMILES string of the molecule is Nc1ncc(OCCc2ccc(F)c(F)c2)n2c(-c3ccc(OC(F)F)cc3)nnc12. The Hall–Kier alpha value is -3.89. The van der Waals surface area contributed by atoms with Crippen molar-refractivity contribution in [2.24, 2.45) is 0 Å². The van der Waals surface area contributed by atoms with Crippen LogP contribution >= 0.6 is 0 Å². The van der Waals surface area contributed by atoms with E-state index in [2.05, 4.69) is 19.9 Å². The average molecular weight is 433 g/mol. The number of hydrogen-bond donors (Lipinski definition) is 1. The fourth-order valence-corrected chi connectivity index (χ4v) is 2.94. The second kappa shape index (κ2) is 8.46. The largest absolute Gasteiger partial charge is 0.477 e. The molecule has 11 heteroatoms. The van der Waals surface area contributed by atoms with Crippen LogP contribution in [0.2, 0.25) is 0 Å². The van der Waals surface area contributed by atoms with Crippen molar-refractivity contribution in [1.82, 2.24) is 19.6 Å². The molecule has 2 aromatic heterocycles. The molecular weight excluding hydrogens is 418 g/mol. The third kappa shape index (κ3) is 4.34. The number of benzene rings is 2. The van der Waals surface area contributed by atoms with Gasteiger partial charge in [0.15, 0.2) is 23.3 Å². The fraction of sp³-hybridized carbons (Fsp3) is 0.150. The van der Waals surface area contributed by atoms with Gasteiger partial charge >= 0.3 is 6.61 Å². The number of alkyl halides is 2. The highest BCUT2D eigenvalue weighted by Gasteiger charge is 2.16. The zero-order valence-electron chi connectivity index (χ0n) is 15.8. The number of hydrogen-bond acceptors (Lipinski definition) is 6. The summed E-state index contributed by atoms with van der Waals surface area (Å²) in [6.45, 7) is -2.80. The molecule has 0 aliphatic rings. The Kier molecular flexibility index (Phi) is 5.56. The minimum absolute atomic E-state index is 0.00300. The number of rotatable bonds is 7. The molecule has 0 atom stereocenters. The Balaban J connectivity index is 1.60. The van der Waals surface area contributed by atoms with Crippen LogP contribution in [0.5, 0.6) is 11.6 Å². The number of ether oxygens (including phenoxy) is 2. The van der Waals surface area contributed by atoms with Crippen LogP contribution in [0, 0.1) is 11.6 Å². The highest BCUT2D eigenvalue weighted by molar-refractivity contribution is 5.67. The summed E-state index contributed by atoms with van der Waals surface area (Å²) < 4.78 is 62.8. The van der Waals surface area contributed by atoms with Crippen molar-refractivity contribution in [3.05, 3.63) is 65.9 Å². The van der Waals surface area contributed by atoms with E-state index in [-0.39, 0.29) is 29.7 Å². The zero-order chi connectivity index (χ0) is 22.0. The van der Waals surface area contributed by atoms with E-state index in [9.17, 15) is 17.6 Å². The molecule has 0 aliphatic carbocycles. The first-order valence-corrected chi connectivity index (χ1v) is 9.04. The molecule has 160 valence electrons. The van der Waals surface area contributed by atoms with E-state index in [1.165, 1.54) is 40.9 Å². The lowest BCUT2D eigenvalue weighted by atomic mass is 10.1. The maximum absolute atomic E-state index is 13.4. The summed E-state index contributed by atoms with van der Waals surface area (Å²) in [6, 6.07) is 9.43. The second-order valence-electron chi connectivity index (χ2n) is 6.41. The summed E-state index contributed by atoms with van der Waals surface area (Å²) in [6.07, 6.45) is 1.69. The maximum atomic E-state index is 13.4. The van der Waals surface area contributed by atoms with E-state index in [0.29, 0.717) is 23.4 Å². The maximum Gasteiger partial charge on any atom is 0.387 e. The van der Waals surface area contributed by atoms with E-state index < -0.39 is 18.2 Å². The van der Waals surface area contributed by atoms with Crippen LogP contribution in [0.1, 0.15) is 5.56 Å². The van der Waals surface area contributed by atoms with Gasteiger partial charge in [-0.15, -0.1) is 10.2 Å². The molecule has 0 saturated heterocycles. The van der Waals surface area contributed by atoms with Gasteiger partial charge in [0.25, 0.3) is 0 Å². The molecule has 0 saturated carbocycles. The van der Waals surface area contributed by atoms with Gasteiger partial charge in [0.2, 0.25) is 11.5 Å². The molecule has 2 aromatic carbocycles. The van der Waals surface area contributed by atoms with Gasteiger partial charge in [-0.05, 0) is 42.0 Å². The molecule has 2 N–H and O–H groups in total. The van der Waals surface area contributed by atoms with Crippen LogP contribution in [0.4, 0.5) is 23.4 Å². The topological polar surface area (TPSA) is 87.6 Å². The van der Waals surface area contributed by atoms with Crippen LogP contribution < -0.4 is 15.2 Å². The minimum Gasteiger partial charge on any atom is -0.477 e. The summed E-state index contributed by atoms with van der Waals surface area (Å²) in [5.41, 5.74) is 7.22. The number of aromatic nitrogens is 4. The summed E-state index contributed by atoms with van der Waals surface area (Å²) in [5, 5.41) is 8.11. The quantitative estimate of drug-likeness (QED) is 0.445. The molecule has 0 amide bonds. The third-order valence-electron chi connectivity index (χ3n) is 4.39. The first-order valence-electron chi connectivity index (χ1n) is 9.04. The Morgan fingerprint density at radius 1 is 1.00 bits per heavy atom. The van der Waals surface area contributed by atoms with Crippen LogP contribution in [-0.4, -0.2) is 32.8 Å². The lowest BCUT2D eigenvalue weighted by Gasteiger charge is -2.11. The Bertz CT molecular complexity index is 1210. The van der Waals surface area contributed by atoms with E-state index in [4.69, 9.17) is 10.5 Å². The molecule has 0 bridgehead atoms. The van der Waals surface area contributed by atoms with Gasteiger partial charge in [-0.25, -0.2) is 18.2 Å². The van der Waals surface area contributed by atoms with Gasteiger partial charge in [0.1, 0.15) is 5.75 Å². The van der Waals surface area contributed by atoms with Gasteiger partial charge in [-0.2, -0.15) is 8.78 Å². The van der Waals surface area contributed by atoms with Crippen LogP contribution in [0.3, 0.4) is 0 Å². The summed E-state index contributed by atoms with van der Waals surface area (Å²) in [7, 11) is 0. The van der Waals surface area contributed by atoms with E-state index in [0.717, 1.165) is 12.1 Å². The number of nitrogen functional groups attached to an aromatic ring is 1. The molecule has 0 fully saturated rings. The lowest BCUT2D eigenvalue weighted by Crippen LogP contribution is -2.08. The van der Waals surface area contributed by atoms with E-state index >= 15 is 0 Å². The van der Waals surface area contributed by atoms with Crippen molar-refractivity contribution in [2.75, 3.05) is 12.3 Å². The van der Waals surface area contributed by atoms with E-state index in [1.807, 2.05) is 0 Å². The minimum atomic E-state index is -2.93. The molecule has 7 nitrogen and oxygen atoms in total. The number of nitrogens with two attached hydrogens (primary N) is 1. The number of nitrogens with zero attached hydrogens (tertiary/aromatic N) is 4.